The van der Waals surface area contributed by atoms with Gasteiger partial charge >= 0.3 is 0 Å². The molecular formula is C24H26N2. The molecule has 0 unspecified atom stereocenters. The molecule has 4 atom stereocenters. The summed E-state index contributed by atoms with van der Waals surface area (Å²) in [6, 6.07) is 21.5. The number of nitrogens with zero attached hydrogens (tertiary/aromatic N) is 2. The van der Waals surface area contributed by atoms with Gasteiger partial charge in [-0.05, 0) is 35.8 Å². The van der Waals surface area contributed by atoms with Crippen LogP contribution >= 0.6 is 0 Å². The van der Waals surface area contributed by atoms with Crippen molar-refractivity contribution in [2.24, 2.45) is 27.5 Å². The van der Waals surface area contributed by atoms with E-state index in [1.54, 1.807) is 0 Å². The van der Waals surface area contributed by atoms with Crippen LogP contribution in [0, 0.1) is 17.3 Å². The number of rotatable bonds is 3. The van der Waals surface area contributed by atoms with Gasteiger partial charge in [-0.3, -0.25) is 0 Å². The van der Waals surface area contributed by atoms with Crippen molar-refractivity contribution in [3.8, 4) is 0 Å². The van der Waals surface area contributed by atoms with Crippen molar-refractivity contribution in [3.63, 3.8) is 0 Å². The van der Waals surface area contributed by atoms with Gasteiger partial charge in [-0.1, -0.05) is 93.1 Å². The highest BCUT2D eigenvalue weighted by molar-refractivity contribution is 5.54. The zero-order valence-electron chi connectivity index (χ0n) is 15.6. The molecule has 0 aromatic heterocycles. The lowest BCUT2D eigenvalue weighted by Gasteiger charge is -2.40. The van der Waals surface area contributed by atoms with E-state index >= 15 is 0 Å². The summed E-state index contributed by atoms with van der Waals surface area (Å²) in [7, 11) is 0. The van der Waals surface area contributed by atoms with E-state index in [-0.39, 0.29) is 16.5 Å². The summed E-state index contributed by atoms with van der Waals surface area (Å²) in [6.07, 6.45) is 8.48. The van der Waals surface area contributed by atoms with Gasteiger partial charge in [-0.15, -0.1) is 0 Å². The van der Waals surface area contributed by atoms with Gasteiger partial charge in [0, 0.05) is 5.41 Å². The first-order valence-electron chi connectivity index (χ1n) is 9.86. The van der Waals surface area contributed by atoms with Crippen LogP contribution in [0.3, 0.4) is 0 Å². The second-order valence-corrected chi connectivity index (χ2v) is 8.67. The maximum absolute atomic E-state index is 5.06. The Balaban J connectivity index is 1.66. The number of hydrogen-bond acceptors (Lipinski definition) is 2. The first-order chi connectivity index (χ1) is 12.6. The Kier molecular flexibility index (Phi) is 3.31. The van der Waals surface area contributed by atoms with Crippen LogP contribution in [-0.2, 0) is 5.54 Å². The molecule has 2 aromatic rings. The third kappa shape index (κ3) is 1.78. The van der Waals surface area contributed by atoms with E-state index in [2.05, 4.69) is 86.7 Å². The average Bonchev–Trinajstić information content (AvgIpc) is 3.29. The third-order valence-electron chi connectivity index (χ3n) is 7.49. The molecule has 26 heavy (non-hydrogen) atoms. The van der Waals surface area contributed by atoms with Gasteiger partial charge in [0.25, 0.3) is 0 Å². The zero-order chi connectivity index (χ0) is 17.8. The van der Waals surface area contributed by atoms with Crippen molar-refractivity contribution in [2.75, 3.05) is 0 Å². The Labute approximate surface area is 156 Å². The fourth-order valence-electron chi connectivity index (χ4n) is 6.26. The second kappa shape index (κ2) is 5.39. The minimum atomic E-state index is -0.195. The standard InChI is InChI=1S/C24H26N2/c1-22(2)23(17-16-18-10-5-3-6-11-18)20-14-9-15-21(20)24(22,26-25-23)19-12-7-4-8-13-19/h3-8,10-13,16-17,20-21H,9,14-15H2,1-2H3/b17-16+/t20-,21+,23-,24+/m0/s1. The monoisotopic (exact) mass is 342 g/mol. The van der Waals surface area contributed by atoms with E-state index in [9.17, 15) is 0 Å². The third-order valence-corrected chi connectivity index (χ3v) is 7.49. The lowest BCUT2D eigenvalue weighted by atomic mass is 9.63. The van der Waals surface area contributed by atoms with Crippen LogP contribution in [0.25, 0.3) is 6.08 Å². The molecule has 0 N–H and O–H groups in total. The van der Waals surface area contributed by atoms with Gasteiger partial charge in [0.2, 0.25) is 0 Å². The summed E-state index contributed by atoms with van der Waals surface area (Å²) in [6.45, 7) is 4.79. The first kappa shape index (κ1) is 16.0. The molecule has 2 aliphatic carbocycles. The highest BCUT2D eigenvalue weighted by atomic mass is 15.3. The molecule has 2 saturated carbocycles. The molecule has 0 amide bonds. The molecule has 0 radical (unpaired) electrons. The van der Waals surface area contributed by atoms with Gasteiger partial charge in [0.1, 0.15) is 11.1 Å². The lowest BCUT2D eigenvalue weighted by Crippen LogP contribution is -2.45. The molecule has 1 heterocycles. The van der Waals surface area contributed by atoms with Gasteiger partial charge in [0.15, 0.2) is 0 Å². The Bertz CT molecular complexity index is 868. The predicted molar refractivity (Wildman–Crippen MR) is 106 cm³/mol. The van der Waals surface area contributed by atoms with Crippen molar-refractivity contribution in [3.05, 3.63) is 77.9 Å². The maximum Gasteiger partial charge on any atom is 0.117 e. The largest absolute Gasteiger partial charge is 0.181 e. The molecule has 2 nitrogen and oxygen atoms in total. The van der Waals surface area contributed by atoms with Crippen LogP contribution in [-0.4, -0.2) is 5.54 Å². The molecular weight excluding hydrogens is 316 g/mol. The van der Waals surface area contributed by atoms with Crippen LogP contribution in [0.15, 0.2) is 77.0 Å². The molecule has 2 fully saturated rings. The van der Waals surface area contributed by atoms with E-state index in [1.807, 2.05) is 0 Å². The highest BCUT2D eigenvalue weighted by Gasteiger charge is 2.76. The minimum absolute atomic E-state index is 0.0254. The Morgan fingerprint density at radius 2 is 1.50 bits per heavy atom. The number of benzene rings is 2. The molecule has 132 valence electrons. The number of fused-ring (bicyclic) bond motifs is 5. The van der Waals surface area contributed by atoms with Crippen molar-refractivity contribution >= 4 is 6.08 Å². The van der Waals surface area contributed by atoms with Crippen LogP contribution in [0.2, 0.25) is 0 Å². The smallest absolute Gasteiger partial charge is 0.117 e. The molecule has 0 saturated heterocycles. The van der Waals surface area contributed by atoms with E-state index in [0.717, 1.165) is 0 Å². The van der Waals surface area contributed by atoms with Crippen molar-refractivity contribution < 1.29 is 0 Å². The van der Waals surface area contributed by atoms with Crippen LogP contribution < -0.4 is 0 Å². The number of hydrogen-bond donors (Lipinski definition) is 0. The van der Waals surface area contributed by atoms with Crippen molar-refractivity contribution in [1.82, 2.24) is 0 Å². The van der Waals surface area contributed by atoms with Gasteiger partial charge < -0.3 is 0 Å². The predicted octanol–water partition coefficient (Wildman–Crippen LogP) is 6.26. The van der Waals surface area contributed by atoms with Crippen molar-refractivity contribution in [2.45, 2.75) is 44.2 Å². The summed E-state index contributed by atoms with van der Waals surface area (Å²) >= 11 is 0. The van der Waals surface area contributed by atoms with E-state index < -0.39 is 0 Å². The molecule has 2 bridgehead atoms. The Morgan fingerprint density at radius 1 is 0.846 bits per heavy atom. The lowest BCUT2D eigenvalue weighted by molar-refractivity contribution is 0.165. The Hall–Kier alpha value is -2.22. The average molecular weight is 342 g/mol. The van der Waals surface area contributed by atoms with Crippen LogP contribution in [0.5, 0.6) is 0 Å². The summed E-state index contributed by atoms with van der Waals surface area (Å²) in [4.78, 5) is 0. The minimum Gasteiger partial charge on any atom is -0.181 e. The summed E-state index contributed by atoms with van der Waals surface area (Å²) in [5.41, 5.74) is 2.18. The zero-order valence-corrected chi connectivity index (χ0v) is 15.6. The van der Waals surface area contributed by atoms with E-state index in [1.165, 1.54) is 30.4 Å². The summed E-state index contributed by atoms with van der Waals surface area (Å²) in [5.74, 6) is 1.19. The summed E-state index contributed by atoms with van der Waals surface area (Å²) < 4.78 is 0. The van der Waals surface area contributed by atoms with Crippen molar-refractivity contribution in [1.29, 1.82) is 0 Å². The Morgan fingerprint density at radius 3 is 2.23 bits per heavy atom. The number of azo groups is 1. The normalized spacial score (nSPS) is 36.7. The fourth-order valence-corrected chi connectivity index (χ4v) is 6.26. The van der Waals surface area contributed by atoms with Crippen LogP contribution in [0.4, 0.5) is 0 Å². The molecule has 2 heteroatoms. The summed E-state index contributed by atoms with van der Waals surface area (Å²) in [5, 5.41) is 10.1. The van der Waals surface area contributed by atoms with Crippen LogP contribution in [0.1, 0.15) is 44.2 Å². The quantitative estimate of drug-likeness (QED) is 0.629. The van der Waals surface area contributed by atoms with Gasteiger partial charge in [-0.25, -0.2) is 0 Å². The SMILES string of the molecule is CC1(C)[C@@]2(/C=C/c3ccccc3)N=N[C@]1(c1ccccc1)[C@@H]1CCC[C@@H]12. The van der Waals surface area contributed by atoms with Gasteiger partial charge in [-0.2, -0.15) is 10.2 Å². The fraction of sp³-hybridized carbons (Fsp3) is 0.417. The maximum atomic E-state index is 5.06. The highest BCUT2D eigenvalue weighted by Crippen LogP contribution is 2.74. The molecule has 3 aliphatic rings. The second-order valence-electron chi connectivity index (χ2n) is 8.67. The molecule has 1 aliphatic heterocycles. The topological polar surface area (TPSA) is 24.7 Å². The molecule has 2 aromatic carbocycles. The first-order valence-corrected chi connectivity index (χ1v) is 9.86. The molecule has 5 rings (SSSR count). The van der Waals surface area contributed by atoms with E-state index in [4.69, 9.17) is 10.2 Å². The van der Waals surface area contributed by atoms with Gasteiger partial charge in [0.05, 0.1) is 0 Å². The molecule has 0 spiro atoms. The van der Waals surface area contributed by atoms with E-state index in [0.29, 0.717) is 11.8 Å².